The van der Waals surface area contributed by atoms with E-state index in [4.69, 9.17) is 0 Å². The number of unbranched alkanes of at least 4 members (excludes halogenated alkanes) is 1. The molecule has 2 aromatic rings. The van der Waals surface area contributed by atoms with Crippen molar-refractivity contribution in [1.29, 1.82) is 0 Å². The highest BCUT2D eigenvalue weighted by molar-refractivity contribution is 7.64. The van der Waals surface area contributed by atoms with Gasteiger partial charge in [0.05, 0.1) is 16.7 Å². The Kier molecular flexibility index (Phi) is 6.99. The monoisotopic (exact) mass is 421 g/mol. The second-order valence-corrected chi connectivity index (χ2v) is 7.68. The van der Waals surface area contributed by atoms with Crippen LogP contribution in [0.1, 0.15) is 39.9 Å². The van der Waals surface area contributed by atoms with Gasteiger partial charge in [0.15, 0.2) is 6.16 Å². The molecule has 0 amide bonds. The van der Waals surface area contributed by atoms with Crippen molar-refractivity contribution in [3.63, 3.8) is 0 Å². The molecule has 0 aliphatic rings. The van der Waals surface area contributed by atoms with Crippen LogP contribution < -0.4 is 0 Å². The van der Waals surface area contributed by atoms with E-state index in [1.165, 1.54) is 0 Å². The first-order valence-electron chi connectivity index (χ1n) is 8.32. The second kappa shape index (κ2) is 8.86. The van der Waals surface area contributed by atoms with Gasteiger partial charge in [-0.25, -0.2) is 4.79 Å². The minimum atomic E-state index is -5.17. The molecular formula is C19H16F6O2P+. The summed E-state index contributed by atoms with van der Waals surface area (Å²) in [4.78, 5) is 12.3. The summed E-state index contributed by atoms with van der Waals surface area (Å²) in [5.74, 6) is 0. The first kappa shape index (κ1) is 22.1. The summed E-state index contributed by atoms with van der Waals surface area (Å²) in [5.41, 5.74) is -5.63. The maximum atomic E-state index is 13.1. The zero-order valence-corrected chi connectivity index (χ0v) is 15.4. The van der Waals surface area contributed by atoms with Crippen molar-refractivity contribution in [2.24, 2.45) is 0 Å². The van der Waals surface area contributed by atoms with Crippen LogP contribution in [0.2, 0.25) is 0 Å². The van der Waals surface area contributed by atoms with Crippen LogP contribution in [0.3, 0.4) is 0 Å². The van der Waals surface area contributed by atoms with Crippen molar-refractivity contribution in [3.05, 3.63) is 70.8 Å². The molecule has 0 heterocycles. The van der Waals surface area contributed by atoms with E-state index >= 15 is 0 Å². The molecule has 0 radical (unpaired) electrons. The number of carbonyl (C=O) groups excluding carboxylic acids is 1. The smallest absolute Gasteiger partial charge is 0.234 e. The third kappa shape index (κ3) is 5.64. The molecule has 0 aromatic heterocycles. The molecule has 0 aliphatic carbocycles. The summed E-state index contributed by atoms with van der Waals surface area (Å²) in [7, 11) is -2.91. The van der Waals surface area contributed by atoms with Crippen LogP contribution in [0.5, 0.6) is 0 Å². The zero-order chi connectivity index (χ0) is 20.9. The number of alkyl halides is 6. The predicted molar refractivity (Wildman–Crippen MR) is 92.6 cm³/mol. The van der Waals surface area contributed by atoms with Crippen LogP contribution in [0.25, 0.3) is 0 Å². The Morgan fingerprint density at radius 3 is 1.82 bits per heavy atom. The van der Waals surface area contributed by atoms with Crippen LogP contribution in [-0.2, 0) is 23.3 Å². The standard InChI is InChI=1S/C19H16F6O2P/c20-18(21,22)14-10-6-11-15(19(23,24)25)16(14)17(26)28(27)12-5-4-9-13-7-2-1-3-8-13/h1-3,6-8,10-11H,4-5,9,12H2/q+1. The summed E-state index contributed by atoms with van der Waals surface area (Å²) in [5, 5.41) is 0. The van der Waals surface area contributed by atoms with Crippen LogP contribution in [0, 0.1) is 0 Å². The maximum absolute atomic E-state index is 13.1. The summed E-state index contributed by atoms with van der Waals surface area (Å²) in [6, 6.07) is 10.6. The molecule has 0 fully saturated rings. The maximum Gasteiger partial charge on any atom is 0.420 e. The van der Waals surface area contributed by atoms with Crippen LogP contribution in [0.15, 0.2) is 48.5 Å². The minimum absolute atomic E-state index is 0.241. The molecule has 1 atom stereocenters. The zero-order valence-electron chi connectivity index (χ0n) is 14.5. The molecule has 28 heavy (non-hydrogen) atoms. The number of hydrogen-bond acceptors (Lipinski definition) is 2. The molecule has 2 rings (SSSR count). The van der Waals surface area contributed by atoms with Gasteiger partial charge in [-0.3, -0.25) is 0 Å². The molecule has 0 N–H and O–H groups in total. The molecule has 9 heteroatoms. The van der Waals surface area contributed by atoms with Gasteiger partial charge < -0.3 is 0 Å². The number of benzene rings is 2. The van der Waals surface area contributed by atoms with Gasteiger partial charge in [0.2, 0.25) is 0 Å². The number of carbonyl (C=O) groups is 1. The minimum Gasteiger partial charge on any atom is -0.234 e. The van der Waals surface area contributed by atoms with Crippen LogP contribution in [-0.4, -0.2) is 11.7 Å². The Bertz CT molecular complexity index is 811. The van der Waals surface area contributed by atoms with Crippen LogP contribution in [0.4, 0.5) is 26.3 Å². The first-order valence-corrected chi connectivity index (χ1v) is 9.76. The van der Waals surface area contributed by atoms with Gasteiger partial charge in [-0.15, -0.1) is 0 Å². The van der Waals surface area contributed by atoms with Gasteiger partial charge in [0, 0.05) is 0 Å². The van der Waals surface area contributed by atoms with E-state index in [1.54, 1.807) is 0 Å². The normalized spacial score (nSPS) is 12.7. The van der Waals surface area contributed by atoms with Gasteiger partial charge >= 0.3 is 25.7 Å². The third-order valence-corrected chi connectivity index (χ3v) is 5.43. The molecule has 1 unspecified atom stereocenters. The fraction of sp³-hybridized carbons (Fsp3) is 0.316. The summed E-state index contributed by atoms with van der Waals surface area (Å²) in [6.07, 6.45) is -9.27. The van der Waals surface area contributed by atoms with Gasteiger partial charge in [0.1, 0.15) is 0 Å². The topological polar surface area (TPSA) is 34.1 Å². The van der Waals surface area contributed by atoms with E-state index in [2.05, 4.69) is 0 Å². The molecule has 0 bridgehead atoms. The summed E-state index contributed by atoms with van der Waals surface area (Å²) in [6.45, 7) is 0. The molecule has 0 saturated heterocycles. The predicted octanol–water partition coefficient (Wildman–Crippen LogP) is 6.71. The SMILES string of the molecule is O=C(c1c(C(F)(F)F)cccc1C(F)(F)F)[P+](=O)CCCCc1ccccc1. The fourth-order valence-corrected chi connectivity index (χ4v) is 3.91. The van der Waals surface area contributed by atoms with Crippen molar-refractivity contribution in [2.45, 2.75) is 31.6 Å². The average molecular weight is 421 g/mol. The summed E-state index contributed by atoms with van der Waals surface area (Å²) < 4.78 is 90.9. The van der Waals surface area contributed by atoms with E-state index in [0.717, 1.165) is 5.56 Å². The number of rotatable bonds is 7. The Hall–Kier alpha value is -2.21. The Morgan fingerprint density at radius 2 is 1.32 bits per heavy atom. The molecule has 0 saturated carbocycles. The van der Waals surface area contributed by atoms with Gasteiger partial charge in [-0.1, -0.05) is 41.0 Å². The van der Waals surface area contributed by atoms with Crippen LogP contribution >= 0.6 is 7.80 Å². The Labute approximate surface area is 158 Å². The van der Waals surface area contributed by atoms with E-state index in [9.17, 15) is 35.7 Å². The lowest BCUT2D eigenvalue weighted by atomic mass is 10.0. The molecule has 2 aromatic carbocycles. The molecule has 150 valence electrons. The highest BCUT2D eigenvalue weighted by Gasteiger charge is 2.47. The average Bonchev–Trinajstić information content (AvgIpc) is 2.63. The van der Waals surface area contributed by atoms with Crippen molar-refractivity contribution < 1.29 is 35.7 Å². The quantitative estimate of drug-likeness (QED) is 0.283. The van der Waals surface area contributed by atoms with Crippen molar-refractivity contribution in [2.75, 3.05) is 6.16 Å². The van der Waals surface area contributed by atoms with Crippen molar-refractivity contribution in [3.8, 4) is 0 Å². The lowest BCUT2D eigenvalue weighted by molar-refractivity contribution is -0.143. The molecule has 0 spiro atoms. The highest BCUT2D eigenvalue weighted by Crippen LogP contribution is 2.43. The highest BCUT2D eigenvalue weighted by atomic mass is 31.1. The van der Waals surface area contributed by atoms with E-state index in [0.29, 0.717) is 31.0 Å². The van der Waals surface area contributed by atoms with Gasteiger partial charge in [0.25, 0.3) is 0 Å². The van der Waals surface area contributed by atoms with E-state index < -0.39 is 42.4 Å². The second-order valence-electron chi connectivity index (χ2n) is 6.07. The Balaban J connectivity index is 2.16. The fourth-order valence-electron chi connectivity index (χ4n) is 2.71. The number of hydrogen-bond donors (Lipinski definition) is 0. The van der Waals surface area contributed by atoms with E-state index in [1.807, 2.05) is 30.3 Å². The lowest BCUT2D eigenvalue weighted by Gasteiger charge is -2.15. The lowest BCUT2D eigenvalue weighted by Crippen LogP contribution is -2.19. The summed E-state index contributed by atoms with van der Waals surface area (Å²) >= 11 is 0. The van der Waals surface area contributed by atoms with E-state index in [-0.39, 0.29) is 12.6 Å². The molecule has 2 nitrogen and oxygen atoms in total. The van der Waals surface area contributed by atoms with Gasteiger partial charge in [-0.2, -0.15) is 26.3 Å². The Morgan fingerprint density at radius 1 is 0.786 bits per heavy atom. The molecule has 0 aliphatic heterocycles. The first-order chi connectivity index (χ1) is 13.0. The van der Waals surface area contributed by atoms with Crippen molar-refractivity contribution in [1.82, 2.24) is 0 Å². The largest absolute Gasteiger partial charge is 0.420 e. The van der Waals surface area contributed by atoms with Gasteiger partial charge in [-0.05, 0) is 37.0 Å². The third-order valence-electron chi connectivity index (χ3n) is 4.04. The molecular weight excluding hydrogens is 405 g/mol. The van der Waals surface area contributed by atoms with Crippen molar-refractivity contribution >= 4 is 13.3 Å². The number of halogens is 6. The number of aryl methyl sites for hydroxylation is 1.